The highest BCUT2D eigenvalue weighted by Gasteiger charge is 2.52. The summed E-state index contributed by atoms with van der Waals surface area (Å²) in [4.78, 5) is 12.5. The van der Waals surface area contributed by atoms with Crippen molar-refractivity contribution in [1.82, 2.24) is 0 Å². The van der Waals surface area contributed by atoms with Gasteiger partial charge in [-0.2, -0.15) is 0 Å². The number of hydrogen-bond donors (Lipinski definition) is 0. The highest BCUT2D eigenvalue weighted by Crippen LogP contribution is 2.64. The monoisotopic (exact) mass is 563 g/mol. The third-order valence-corrected chi connectivity index (χ3v) is 9.59. The van der Waals surface area contributed by atoms with Crippen LogP contribution in [0.5, 0.6) is 0 Å². The summed E-state index contributed by atoms with van der Waals surface area (Å²) in [6.07, 6.45) is 0. The van der Waals surface area contributed by atoms with Gasteiger partial charge in [0, 0.05) is 6.07 Å². The SMILES string of the molecule is O=[N+]([O-])c1cc(-c2ccccc2)ccc1-c1cc2c(c3ccccc13)-c1ccccc1C21c2ccccc2-c2ccccc21. The molecule has 0 radical (unpaired) electrons. The first kappa shape index (κ1) is 24.8. The van der Waals surface area contributed by atoms with Gasteiger partial charge in [0.15, 0.2) is 0 Å². The molecule has 44 heavy (non-hydrogen) atoms. The Balaban J connectivity index is 1.42. The fourth-order valence-electron chi connectivity index (χ4n) is 7.89. The van der Waals surface area contributed by atoms with Gasteiger partial charge in [-0.25, -0.2) is 0 Å². The van der Waals surface area contributed by atoms with Gasteiger partial charge in [-0.05, 0) is 84.1 Å². The number of fused-ring (bicyclic) bond motifs is 12. The summed E-state index contributed by atoms with van der Waals surface area (Å²) in [7, 11) is 0. The van der Waals surface area contributed by atoms with Gasteiger partial charge < -0.3 is 0 Å². The van der Waals surface area contributed by atoms with Crippen molar-refractivity contribution in [2.75, 3.05) is 0 Å². The van der Waals surface area contributed by atoms with Crippen LogP contribution in [0.2, 0.25) is 0 Å². The molecular weight excluding hydrogens is 538 g/mol. The zero-order valence-corrected chi connectivity index (χ0v) is 23.7. The molecule has 7 aromatic rings. The average molecular weight is 564 g/mol. The molecule has 0 atom stereocenters. The Morgan fingerprint density at radius 2 is 0.977 bits per heavy atom. The van der Waals surface area contributed by atoms with E-state index in [-0.39, 0.29) is 10.6 Å². The molecule has 7 aromatic carbocycles. The molecule has 0 saturated carbocycles. The summed E-state index contributed by atoms with van der Waals surface area (Å²) in [5, 5.41) is 14.8. The molecule has 1 spiro atoms. The molecule has 0 aromatic heterocycles. The number of hydrogen-bond acceptors (Lipinski definition) is 2. The van der Waals surface area contributed by atoms with Crippen molar-refractivity contribution in [3.63, 3.8) is 0 Å². The molecule has 0 heterocycles. The quantitative estimate of drug-likeness (QED) is 0.159. The summed E-state index contributed by atoms with van der Waals surface area (Å²) < 4.78 is 0. The van der Waals surface area contributed by atoms with E-state index < -0.39 is 5.41 Å². The van der Waals surface area contributed by atoms with E-state index in [0.29, 0.717) is 5.56 Å². The van der Waals surface area contributed by atoms with Crippen molar-refractivity contribution in [3.05, 3.63) is 184 Å². The smallest absolute Gasteiger partial charge is 0.258 e. The first-order chi connectivity index (χ1) is 21.7. The molecule has 2 aliphatic carbocycles. The number of nitro groups is 1. The van der Waals surface area contributed by atoms with Gasteiger partial charge in [0.1, 0.15) is 0 Å². The summed E-state index contributed by atoms with van der Waals surface area (Å²) in [5.74, 6) is 0. The first-order valence-corrected chi connectivity index (χ1v) is 14.9. The van der Waals surface area contributed by atoms with Crippen LogP contribution in [-0.4, -0.2) is 4.92 Å². The van der Waals surface area contributed by atoms with Crippen LogP contribution in [0.4, 0.5) is 5.69 Å². The zero-order chi connectivity index (χ0) is 29.4. The van der Waals surface area contributed by atoms with Crippen molar-refractivity contribution in [2.24, 2.45) is 0 Å². The minimum Gasteiger partial charge on any atom is -0.258 e. The molecule has 9 rings (SSSR count). The third kappa shape index (κ3) is 3.16. The molecule has 3 heteroatoms. The third-order valence-electron chi connectivity index (χ3n) is 9.59. The van der Waals surface area contributed by atoms with Gasteiger partial charge in [0.2, 0.25) is 0 Å². The fraction of sp³-hybridized carbons (Fsp3) is 0.0244. The Labute approximate surface area is 254 Å². The number of nitro benzene ring substituents is 1. The molecule has 3 nitrogen and oxygen atoms in total. The van der Waals surface area contributed by atoms with Crippen LogP contribution in [0.3, 0.4) is 0 Å². The average Bonchev–Trinajstić information content (AvgIpc) is 3.55. The first-order valence-electron chi connectivity index (χ1n) is 14.9. The summed E-state index contributed by atoms with van der Waals surface area (Å²) >= 11 is 0. The molecule has 0 bridgehead atoms. The van der Waals surface area contributed by atoms with E-state index in [1.54, 1.807) is 6.07 Å². The Morgan fingerprint density at radius 1 is 0.432 bits per heavy atom. The van der Waals surface area contributed by atoms with Gasteiger partial charge >= 0.3 is 0 Å². The molecule has 0 amide bonds. The second kappa shape index (κ2) is 9.10. The molecule has 0 aliphatic heterocycles. The summed E-state index contributed by atoms with van der Waals surface area (Å²) in [5.41, 5.74) is 12.7. The topological polar surface area (TPSA) is 43.1 Å². The largest absolute Gasteiger partial charge is 0.277 e. The van der Waals surface area contributed by atoms with Crippen molar-refractivity contribution >= 4 is 16.5 Å². The Hall–Kier alpha value is -5.80. The van der Waals surface area contributed by atoms with Crippen LogP contribution in [0.1, 0.15) is 22.3 Å². The van der Waals surface area contributed by atoms with E-state index in [0.717, 1.165) is 27.5 Å². The zero-order valence-electron chi connectivity index (χ0n) is 23.7. The Kier molecular flexibility index (Phi) is 5.12. The molecule has 0 fully saturated rings. The standard InChI is InChI=1S/C41H25NO2/c43-42(44)39-24-27(26-12-2-1-3-13-26)22-23-31(39)34-25-38-40(32-17-5-4-14-28(32)34)33-18-8-11-21-37(33)41(38)35-19-9-6-15-29(35)30-16-7-10-20-36(30)41/h1-25H. The van der Waals surface area contributed by atoms with Crippen LogP contribution in [0, 0.1) is 10.1 Å². The van der Waals surface area contributed by atoms with E-state index in [9.17, 15) is 10.1 Å². The van der Waals surface area contributed by atoms with Gasteiger partial charge in [0.25, 0.3) is 5.69 Å². The minimum absolute atomic E-state index is 0.105. The number of rotatable bonds is 3. The van der Waals surface area contributed by atoms with Gasteiger partial charge in [-0.15, -0.1) is 0 Å². The molecule has 0 unspecified atom stereocenters. The van der Waals surface area contributed by atoms with E-state index in [1.807, 2.05) is 48.5 Å². The van der Waals surface area contributed by atoms with Crippen molar-refractivity contribution in [1.29, 1.82) is 0 Å². The lowest BCUT2D eigenvalue weighted by Crippen LogP contribution is -2.25. The lowest BCUT2D eigenvalue weighted by atomic mass is 9.70. The lowest BCUT2D eigenvalue weighted by Gasteiger charge is -2.31. The van der Waals surface area contributed by atoms with Gasteiger partial charge in [-0.1, -0.05) is 133 Å². The maximum Gasteiger partial charge on any atom is 0.277 e. The van der Waals surface area contributed by atoms with E-state index >= 15 is 0 Å². The van der Waals surface area contributed by atoms with Crippen LogP contribution < -0.4 is 0 Å². The normalized spacial score (nSPS) is 13.4. The van der Waals surface area contributed by atoms with Gasteiger partial charge in [-0.3, -0.25) is 10.1 Å². The maximum atomic E-state index is 12.7. The van der Waals surface area contributed by atoms with E-state index in [1.165, 1.54) is 44.5 Å². The fourth-order valence-corrected chi connectivity index (χ4v) is 7.89. The van der Waals surface area contributed by atoms with E-state index in [2.05, 4.69) is 97.1 Å². The molecule has 206 valence electrons. The molecule has 0 N–H and O–H groups in total. The Morgan fingerprint density at radius 3 is 1.64 bits per heavy atom. The van der Waals surface area contributed by atoms with Crippen molar-refractivity contribution in [2.45, 2.75) is 5.41 Å². The van der Waals surface area contributed by atoms with Crippen molar-refractivity contribution < 1.29 is 4.92 Å². The number of nitrogens with zero attached hydrogens (tertiary/aromatic N) is 1. The highest BCUT2D eigenvalue weighted by atomic mass is 16.6. The second-order valence-corrected chi connectivity index (χ2v) is 11.6. The van der Waals surface area contributed by atoms with Crippen LogP contribution in [0.25, 0.3) is 55.3 Å². The van der Waals surface area contributed by atoms with Crippen LogP contribution in [0.15, 0.2) is 152 Å². The molecule has 0 saturated heterocycles. The Bertz CT molecular complexity index is 2270. The number of benzene rings is 7. The predicted molar refractivity (Wildman–Crippen MR) is 178 cm³/mol. The predicted octanol–water partition coefficient (Wildman–Crippen LogP) is 10.4. The molecule has 2 aliphatic rings. The minimum atomic E-state index is -0.531. The summed E-state index contributed by atoms with van der Waals surface area (Å²) in [6, 6.07) is 52.3. The highest BCUT2D eigenvalue weighted by molar-refractivity contribution is 6.12. The summed E-state index contributed by atoms with van der Waals surface area (Å²) in [6.45, 7) is 0. The second-order valence-electron chi connectivity index (χ2n) is 11.6. The molecular formula is C41H25NO2. The lowest BCUT2D eigenvalue weighted by molar-refractivity contribution is -0.384. The van der Waals surface area contributed by atoms with Gasteiger partial charge in [0.05, 0.1) is 15.9 Å². The van der Waals surface area contributed by atoms with Crippen LogP contribution in [-0.2, 0) is 5.41 Å². The van der Waals surface area contributed by atoms with E-state index in [4.69, 9.17) is 0 Å². The maximum absolute atomic E-state index is 12.7. The van der Waals surface area contributed by atoms with Crippen molar-refractivity contribution in [3.8, 4) is 44.5 Å². The van der Waals surface area contributed by atoms with Crippen LogP contribution >= 0.6 is 0 Å².